The predicted molar refractivity (Wildman–Crippen MR) is 105 cm³/mol. The van der Waals surface area contributed by atoms with Crippen LogP contribution in [0.3, 0.4) is 0 Å². The number of hydrogen-bond acceptors (Lipinski definition) is 6. The molecule has 26 heavy (non-hydrogen) atoms. The van der Waals surface area contributed by atoms with Gasteiger partial charge in [-0.25, -0.2) is 11.1 Å². The lowest BCUT2D eigenvalue weighted by molar-refractivity contribution is 0.474. The standard InChI is InChI=1S/C11H13NO2.C8H10N2.H2N2/c1-2-3-4-5-9-8-10(12-14)6-7-11(9)13;1-6-3-2-4-7(5-6)8(9)10;1-2/h4-8,13H,2-3H2,1H3;2-5H,1H3,(H3,9,10);1-2H/b5-4-;;. The van der Waals surface area contributed by atoms with Crippen molar-refractivity contribution in [2.75, 3.05) is 0 Å². The molecule has 0 spiro atoms. The van der Waals surface area contributed by atoms with Gasteiger partial charge in [0.05, 0.1) is 0 Å². The molecule has 0 heterocycles. The summed E-state index contributed by atoms with van der Waals surface area (Å²) in [6.45, 7) is 4.06. The Balaban J connectivity index is 0.000000458. The van der Waals surface area contributed by atoms with Crippen molar-refractivity contribution in [1.29, 1.82) is 16.5 Å². The molecule has 0 saturated carbocycles. The van der Waals surface area contributed by atoms with Crippen molar-refractivity contribution in [3.63, 3.8) is 0 Å². The quantitative estimate of drug-likeness (QED) is 0.209. The van der Waals surface area contributed by atoms with Crippen LogP contribution in [0.5, 0.6) is 5.75 Å². The first-order valence-corrected chi connectivity index (χ1v) is 7.97. The topological polar surface area (TPSA) is 147 Å². The van der Waals surface area contributed by atoms with Gasteiger partial charge in [0.1, 0.15) is 17.3 Å². The Hall–Kier alpha value is -3.35. The molecule has 0 radical (unpaired) electrons. The Morgan fingerprint density at radius 1 is 1.23 bits per heavy atom. The molecule has 0 aromatic heterocycles. The summed E-state index contributed by atoms with van der Waals surface area (Å²) in [6, 6.07) is 12.1. The van der Waals surface area contributed by atoms with E-state index in [9.17, 15) is 10.0 Å². The Bertz CT molecular complexity index is 744. The van der Waals surface area contributed by atoms with E-state index in [2.05, 4.69) is 12.1 Å². The third-order valence-electron chi connectivity index (χ3n) is 3.20. The van der Waals surface area contributed by atoms with E-state index in [1.165, 1.54) is 12.1 Å². The van der Waals surface area contributed by atoms with Crippen LogP contribution < -0.4 is 5.73 Å². The molecule has 0 unspecified atom stereocenters. The lowest BCUT2D eigenvalue weighted by Gasteiger charge is -1.98. The minimum Gasteiger partial charge on any atom is -0.507 e. The molecule has 0 fully saturated rings. The predicted octanol–water partition coefficient (Wildman–Crippen LogP) is 5.48. The van der Waals surface area contributed by atoms with Crippen molar-refractivity contribution in [3.05, 3.63) is 70.1 Å². The Kier molecular flexibility index (Phi) is 11.3. The van der Waals surface area contributed by atoms with Gasteiger partial charge in [-0.2, -0.15) is 0 Å². The summed E-state index contributed by atoms with van der Waals surface area (Å²) < 4.78 is 0. The van der Waals surface area contributed by atoms with Gasteiger partial charge in [0.25, 0.3) is 0 Å². The first-order valence-electron chi connectivity index (χ1n) is 7.97. The number of amidine groups is 1. The molecule has 2 rings (SSSR count). The van der Waals surface area contributed by atoms with E-state index in [4.69, 9.17) is 22.2 Å². The van der Waals surface area contributed by atoms with Crippen LogP contribution in [0.4, 0.5) is 5.69 Å². The summed E-state index contributed by atoms with van der Waals surface area (Å²) in [5, 5.41) is 19.4. The van der Waals surface area contributed by atoms with Gasteiger partial charge in [0.15, 0.2) is 0 Å². The normalized spacial score (nSPS) is 9.46. The minimum atomic E-state index is 0.128. The van der Waals surface area contributed by atoms with E-state index in [-0.39, 0.29) is 11.6 Å². The second-order valence-corrected chi connectivity index (χ2v) is 5.31. The highest BCUT2D eigenvalue weighted by atomic mass is 16.3. The van der Waals surface area contributed by atoms with Gasteiger partial charge in [-0.1, -0.05) is 49.3 Å². The third-order valence-corrected chi connectivity index (χ3v) is 3.20. The molecule has 0 aliphatic rings. The van der Waals surface area contributed by atoms with Crippen molar-refractivity contribution >= 4 is 17.6 Å². The number of unbranched alkanes of at least 4 members (excludes halogenated alkanes) is 1. The van der Waals surface area contributed by atoms with E-state index < -0.39 is 0 Å². The lowest BCUT2D eigenvalue weighted by atomic mass is 10.1. The van der Waals surface area contributed by atoms with Crippen LogP contribution in [0, 0.1) is 28.3 Å². The molecule has 2 aromatic rings. The lowest BCUT2D eigenvalue weighted by Crippen LogP contribution is -2.10. The summed E-state index contributed by atoms with van der Waals surface area (Å²) in [5.41, 5.74) is 18.2. The summed E-state index contributed by atoms with van der Waals surface area (Å²) in [4.78, 5) is 10.2. The third kappa shape index (κ3) is 8.49. The molecular weight excluding hydrogens is 330 g/mol. The number of allylic oxidation sites excluding steroid dienone is 1. The van der Waals surface area contributed by atoms with Crippen LogP contribution in [-0.2, 0) is 0 Å². The highest BCUT2D eigenvalue weighted by molar-refractivity contribution is 5.95. The number of rotatable bonds is 5. The highest BCUT2D eigenvalue weighted by Gasteiger charge is 1.99. The number of phenolic OH excluding ortho intramolecular Hbond substituents is 1. The first kappa shape index (κ1) is 22.6. The molecule has 0 bridgehead atoms. The zero-order valence-corrected chi connectivity index (χ0v) is 15.0. The second-order valence-electron chi connectivity index (χ2n) is 5.31. The monoisotopic (exact) mass is 355 g/mol. The Morgan fingerprint density at radius 3 is 2.42 bits per heavy atom. The molecule has 0 saturated heterocycles. The Labute approximate surface area is 153 Å². The number of aryl methyl sites for hydroxylation is 1. The molecule has 7 nitrogen and oxygen atoms in total. The average Bonchev–Trinajstić information content (AvgIpc) is 2.65. The maximum absolute atomic E-state index is 10.2. The molecule has 0 aliphatic heterocycles. The fourth-order valence-electron chi connectivity index (χ4n) is 1.92. The highest BCUT2D eigenvalue weighted by Crippen LogP contribution is 2.24. The van der Waals surface area contributed by atoms with Crippen LogP contribution in [0.2, 0.25) is 0 Å². The number of phenols is 1. The summed E-state index contributed by atoms with van der Waals surface area (Å²) in [7, 11) is 0. The number of nitrogen functional groups attached to an aromatic ring is 1. The van der Waals surface area contributed by atoms with Crippen molar-refractivity contribution in [2.24, 2.45) is 10.9 Å². The smallest absolute Gasteiger partial charge is 0.122 e. The van der Waals surface area contributed by atoms with Crippen molar-refractivity contribution in [2.45, 2.75) is 26.7 Å². The fourth-order valence-corrected chi connectivity index (χ4v) is 1.92. The van der Waals surface area contributed by atoms with Gasteiger partial charge < -0.3 is 10.8 Å². The van der Waals surface area contributed by atoms with Gasteiger partial charge >= 0.3 is 0 Å². The van der Waals surface area contributed by atoms with E-state index in [0.29, 0.717) is 11.3 Å². The molecular formula is C19H25N5O2. The number of nitrogens with one attached hydrogen (secondary N) is 3. The summed E-state index contributed by atoms with van der Waals surface area (Å²) >= 11 is 0. The van der Waals surface area contributed by atoms with Gasteiger partial charge in [0, 0.05) is 11.1 Å². The van der Waals surface area contributed by atoms with E-state index in [1.807, 2.05) is 37.3 Å². The van der Waals surface area contributed by atoms with Gasteiger partial charge in [-0.05, 0) is 42.8 Å². The molecule has 7 heteroatoms. The SMILES string of the molecule is CCC/C=C\c1cc(N=O)ccc1O.Cc1cccc(C(=N)N)c1.N=N. The number of nitrogens with zero attached hydrogens (tertiary/aromatic N) is 1. The van der Waals surface area contributed by atoms with E-state index in [0.717, 1.165) is 24.0 Å². The van der Waals surface area contributed by atoms with Crippen molar-refractivity contribution in [3.8, 4) is 5.75 Å². The molecule has 6 N–H and O–H groups in total. The van der Waals surface area contributed by atoms with Crippen molar-refractivity contribution < 1.29 is 5.11 Å². The number of nitroso groups, excluding NO2 is 1. The first-order chi connectivity index (χ1) is 12.5. The van der Waals surface area contributed by atoms with Crippen LogP contribution in [0.15, 0.2) is 53.7 Å². The summed E-state index contributed by atoms with van der Waals surface area (Å²) in [6.07, 6.45) is 5.78. The molecule has 2 aromatic carbocycles. The second kappa shape index (κ2) is 13.0. The number of hydrogen-bond donors (Lipinski definition) is 5. The van der Waals surface area contributed by atoms with Gasteiger partial charge in [0.2, 0.25) is 0 Å². The minimum absolute atomic E-state index is 0.128. The van der Waals surface area contributed by atoms with E-state index in [1.54, 1.807) is 12.1 Å². The van der Waals surface area contributed by atoms with E-state index >= 15 is 0 Å². The largest absolute Gasteiger partial charge is 0.507 e. The Morgan fingerprint density at radius 2 is 1.92 bits per heavy atom. The molecule has 0 amide bonds. The van der Waals surface area contributed by atoms with Crippen LogP contribution in [0.1, 0.15) is 36.5 Å². The molecule has 0 atom stereocenters. The maximum Gasteiger partial charge on any atom is 0.122 e. The zero-order chi connectivity index (χ0) is 19.9. The van der Waals surface area contributed by atoms with Gasteiger partial charge in [-0.3, -0.25) is 5.41 Å². The summed E-state index contributed by atoms with van der Waals surface area (Å²) in [5.74, 6) is 0.299. The number of nitrogens with two attached hydrogens (primary N) is 1. The van der Waals surface area contributed by atoms with Crippen LogP contribution in [0.25, 0.3) is 6.08 Å². The van der Waals surface area contributed by atoms with Crippen LogP contribution in [-0.4, -0.2) is 10.9 Å². The zero-order valence-electron chi connectivity index (χ0n) is 15.0. The fraction of sp³-hybridized carbons (Fsp3) is 0.211. The number of aromatic hydroxyl groups is 1. The van der Waals surface area contributed by atoms with Gasteiger partial charge in [-0.15, -0.1) is 4.91 Å². The van der Waals surface area contributed by atoms with Crippen LogP contribution >= 0.6 is 0 Å². The van der Waals surface area contributed by atoms with Crippen molar-refractivity contribution in [1.82, 2.24) is 0 Å². The molecule has 0 aliphatic carbocycles. The number of benzene rings is 2. The maximum atomic E-state index is 10.2. The molecule has 138 valence electrons. The average molecular weight is 355 g/mol.